The van der Waals surface area contributed by atoms with E-state index in [9.17, 15) is 0 Å². The average Bonchev–Trinajstić information content (AvgIpc) is 2.86. The molecule has 1 fully saturated rings. The molecule has 14 heavy (non-hydrogen) atoms. The van der Waals surface area contributed by atoms with E-state index in [0.717, 1.165) is 25.9 Å². The number of hydrogen-bond acceptors (Lipinski definition) is 3. The minimum atomic E-state index is 0.177. The summed E-state index contributed by atoms with van der Waals surface area (Å²) in [5.74, 6) is 0. The molecule has 0 amide bonds. The number of aliphatic hydroxyl groups is 1. The van der Waals surface area contributed by atoms with Crippen LogP contribution < -0.4 is 0 Å². The molecule has 1 aliphatic rings. The van der Waals surface area contributed by atoms with E-state index >= 15 is 0 Å². The Morgan fingerprint density at radius 3 is 2.71 bits per heavy atom. The van der Waals surface area contributed by atoms with Crippen LogP contribution >= 0.6 is 0 Å². The summed E-state index contributed by atoms with van der Waals surface area (Å²) in [6.07, 6.45) is 4.80. The van der Waals surface area contributed by atoms with E-state index in [1.807, 2.05) is 6.08 Å². The summed E-state index contributed by atoms with van der Waals surface area (Å²) in [6, 6.07) is 2.25. The van der Waals surface area contributed by atoms with Crippen molar-refractivity contribution >= 4 is 0 Å². The second kappa shape index (κ2) is 5.14. The fourth-order valence-corrected chi connectivity index (χ4v) is 1.77. The maximum Gasteiger partial charge on any atom is 0.0628 e. The smallest absolute Gasteiger partial charge is 0.0628 e. The summed E-state index contributed by atoms with van der Waals surface area (Å²) in [5.41, 5.74) is 0.229. The molecular weight excluding hydrogens is 176 g/mol. The predicted molar refractivity (Wildman–Crippen MR) is 55.6 cm³/mol. The molecule has 1 saturated carbocycles. The van der Waals surface area contributed by atoms with Crippen molar-refractivity contribution in [1.82, 2.24) is 4.90 Å². The van der Waals surface area contributed by atoms with Crippen molar-refractivity contribution in [2.75, 3.05) is 26.2 Å². The first kappa shape index (κ1) is 11.2. The van der Waals surface area contributed by atoms with Gasteiger partial charge in [0, 0.05) is 26.1 Å². The molecule has 0 aromatic carbocycles. The zero-order valence-electron chi connectivity index (χ0n) is 8.58. The lowest BCUT2D eigenvalue weighted by Crippen LogP contribution is -2.33. The van der Waals surface area contributed by atoms with Gasteiger partial charge in [-0.15, -0.1) is 6.58 Å². The van der Waals surface area contributed by atoms with Crippen molar-refractivity contribution in [3.05, 3.63) is 12.7 Å². The van der Waals surface area contributed by atoms with Crippen LogP contribution in [0.5, 0.6) is 0 Å². The summed E-state index contributed by atoms with van der Waals surface area (Å²) in [7, 11) is 0. The highest BCUT2D eigenvalue weighted by atomic mass is 16.3. The van der Waals surface area contributed by atoms with Crippen LogP contribution in [0.2, 0.25) is 0 Å². The standard InChI is InChI=1S/C11H18N2O/c1-2-7-13(8-9-14)10-11(3-4-11)5-6-12/h2,14H,1,3-5,7-10H2. The Morgan fingerprint density at radius 1 is 1.57 bits per heavy atom. The van der Waals surface area contributed by atoms with Gasteiger partial charge >= 0.3 is 0 Å². The highest BCUT2D eigenvalue weighted by Gasteiger charge is 2.43. The third kappa shape index (κ3) is 3.13. The van der Waals surface area contributed by atoms with Crippen molar-refractivity contribution < 1.29 is 5.11 Å². The lowest BCUT2D eigenvalue weighted by atomic mass is 10.0. The van der Waals surface area contributed by atoms with Gasteiger partial charge in [0.25, 0.3) is 0 Å². The largest absolute Gasteiger partial charge is 0.395 e. The Hall–Kier alpha value is -0.850. The topological polar surface area (TPSA) is 47.3 Å². The quantitative estimate of drug-likeness (QED) is 0.619. The molecule has 1 N–H and O–H groups in total. The summed E-state index contributed by atoms with van der Waals surface area (Å²) in [6.45, 7) is 6.27. The molecule has 0 radical (unpaired) electrons. The van der Waals surface area contributed by atoms with Crippen LogP contribution in [0.1, 0.15) is 19.3 Å². The van der Waals surface area contributed by atoms with Crippen LogP contribution in [-0.2, 0) is 0 Å². The number of nitrogens with zero attached hydrogens (tertiary/aromatic N) is 2. The molecule has 0 aromatic rings. The van der Waals surface area contributed by atoms with Gasteiger partial charge in [-0.3, -0.25) is 4.90 Å². The van der Waals surface area contributed by atoms with Crippen LogP contribution in [0.4, 0.5) is 0 Å². The predicted octanol–water partition coefficient (Wildman–Crippen LogP) is 1.16. The van der Waals surface area contributed by atoms with E-state index in [2.05, 4.69) is 17.5 Å². The van der Waals surface area contributed by atoms with E-state index in [0.29, 0.717) is 13.0 Å². The number of aliphatic hydroxyl groups excluding tert-OH is 1. The van der Waals surface area contributed by atoms with Crippen LogP contribution in [0, 0.1) is 16.7 Å². The molecule has 0 saturated heterocycles. The van der Waals surface area contributed by atoms with E-state index in [4.69, 9.17) is 10.4 Å². The number of hydrogen-bond donors (Lipinski definition) is 1. The summed E-state index contributed by atoms with van der Waals surface area (Å²) >= 11 is 0. The second-order valence-electron chi connectivity index (χ2n) is 4.08. The molecule has 3 heteroatoms. The van der Waals surface area contributed by atoms with Crippen molar-refractivity contribution in [1.29, 1.82) is 5.26 Å². The first-order chi connectivity index (χ1) is 6.76. The molecule has 0 unspecified atom stereocenters. The third-order valence-corrected chi connectivity index (χ3v) is 2.77. The van der Waals surface area contributed by atoms with Gasteiger partial charge < -0.3 is 5.11 Å². The van der Waals surface area contributed by atoms with Crippen molar-refractivity contribution in [3.63, 3.8) is 0 Å². The Labute approximate surface area is 85.6 Å². The van der Waals surface area contributed by atoms with Crippen LogP contribution in [0.3, 0.4) is 0 Å². The molecule has 0 bridgehead atoms. The SMILES string of the molecule is C=CCN(CCO)CC1(CC#N)CC1. The van der Waals surface area contributed by atoms with Crippen molar-refractivity contribution in [2.24, 2.45) is 5.41 Å². The number of nitriles is 1. The van der Waals surface area contributed by atoms with Gasteiger partial charge in [-0.1, -0.05) is 6.08 Å². The Morgan fingerprint density at radius 2 is 2.29 bits per heavy atom. The van der Waals surface area contributed by atoms with E-state index < -0.39 is 0 Å². The van der Waals surface area contributed by atoms with Gasteiger partial charge in [0.05, 0.1) is 12.7 Å². The van der Waals surface area contributed by atoms with E-state index in [1.54, 1.807) is 0 Å². The highest BCUT2D eigenvalue weighted by molar-refractivity contribution is 5.01. The molecule has 0 aromatic heterocycles. The molecule has 0 atom stereocenters. The monoisotopic (exact) mass is 194 g/mol. The lowest BCUT2D eigenvalue weighted by Gasteiger charge is -2.24. The molecule has 1 aliphatic carbocycles. The van der Waals surface area contributed by atoms with Gasteiger partial charge in [0.2, 0.25) is 0 Å². The van der Waals surface area contributed by atoms with Gasteiger partial charge in [-0.05, 0) is 18.3 Å². The summed E-state index contributed by atoms with van der Waals surface area (Å²) in [4.78, 5) is 2.16. The average molecular weight is 194 g/mol. The zero-order valence-corrected chi connectivity index (χ0v) is 8.58. The Kier molecular flexibility index (Phi) is 4.12. The molecule has 1 rings (SSSR count). The maximum atomic E-state index is 8.87. The third-order valence-electron chi connectivity index (χ3n) is 2.77. The summed E-state index contributed by atoms with van der Waals surface area (Å²) in [5, 5.41) is 17.5. The molecular formula is C11H18N2O. The molecule has 0 aliphatic heterocycles. The van der Waals surface area contributed by atoms with Gasteiger partial charge in [-0.25, -0.2) is 0 Å². The fraction of sp³-hybridized carbons (Fsp3) is 0.727. The molecule has 0 spiro atoms. The number of rotatable bonds is 7. The zero-order chi connectivity index (χ0) is 10.4. The van der Waals surface area contributed by atoms with E-state index in [1.165, 1.54) is 0 Å². The van der Waals surface area contributed by atoms with Gasteiger partial charge in [-0.2, -0.15) is 5.26 Å². The van der Waals surface area contributed by atoms with Crippen molar-refractivity contribution in [2.45, 2.75) is 19.3 Å². The minimum Gasteiger partial charge on any atom is -0.395 e. The Balaban J connectivity index is 2.38. The first-order valence-corrected chi connectivity index (χ1v) is 5.07. The molecule has 0 heterocycles. The van der Waals surface area contributed by atoms with Crippen LogP contribution in [0.25, 0.3) is 0 Å². The lowest BCUT2D eigenvalue weighted by molar-refractivity contribution is 0.182. The van der Waals surface area contributed by atoms with Gasteiger partial charge in [0.1, 0.15) is 0 Å². The van der Waals surface area contributed by atoms with Crippen LogP contribution in [-0.4, -0.2) is 36.2 Å². The second-order valence-corrected chi connectivity index (χ2v) is 4.08. The van der Waals surface area contributed by atoms with Gasteiger partial charge in [0.15, 0.2) is 0 Å². The minimum absolute atomic E-state index is 0.177. The normalized spacial score (nSPS) is 17.8. The van der Waals surface area contributed by atoms with E-state index in [-0.39, 0.29) is 12.0 Å². The highest BCUT2D eigenvalue weighted by Crippen LogP contribution is 2.49. The summed E-state index contributed by atoms with van der Waals surface area (Å²) < 4.78 is 0. The first-order valence-electron chi connectivity index (χ1n) is 5.07. The van der Waals surface area contributed by atoms with Crippen LogP contribution in [0.15, 0.2) is 12.7 Å². The molecule has 3 nitrogen and oxygen atoms in total. The maximum absolute atomic E-state index is 8.87. The molecule has 78 valence electrons. The van der Waals surface area contributed by atoms with Crippen molar-refractivity contribution in [3.8, 4) is 6.07 Å². The Bertz CT molecular complexity index is 228. The fourth-order valence-electron chi connectivity index (χ4n) is 1.77.